The van der Waals surface area contributed by atoms with Crippen LogP contribution in [0.2, 0.25) is 0 Å². The third kappa shape index (κ3) is 3.12. The maximum absolute atomic E-state index is 12.2. The van der Waals surface area contributed by atoms with Gasteiger partial charge >= 0.3 is 5.97 Å². The molecule has 128 valence electrons. The van der Waals surface area contributed by atoms with Crippen molar-refractivity contribution in [3.8, 4) is 11.5 Å². The van der Waals surface area contributed by atoms with E-state index in [9.17, 15) is 14.4 Å². The van der Waals surface area contributed by atoms with E-state index in [0.29, 0.717) is 30.4 Å². The van der Waals surface area contributed by atoms with Gasteiger partial charge in [0.1, 0.15) is 13.2 Å². The lowest BCUT2D eigenvalue weighted by Crippen LogP contribution is -2.33. The average molecular weight is 334 g/mol. The molecule has 3 rings (SSSR count). The Balaban J connectivity index is 1.71. The number of esters is 1. The minimum atomic E-state index is -1.02. The molecule has 1 fully saturated rings. The van der Waals surface area contributed by atoms with Crippen LogP contribution in [0.15, 0.2) is 18.2 Å². The number of anilines is 1. The van der Waals surface area contributed by atoms with Crippen LogP contribution in [0.5, 0.6) is 11.5 Å². The lowest BCUT2D eigenvalue weighted by atomic mass is 10.1. The first-order valence-corrected chi connectivity index (χ1v) is 7.65. The van der Waals surface area contributed by atoms with Gasteiger partial charge in [-0.2, -0.15) is 0 Å². The maximum Gasteiger partial charge on any atom is 0.312 e. The van der Waals surface area contributed by atoms with Crippen LogP contribution < -0.4 is 20.1 Å². The summed E-state index contributed by atoms with van der Waals surface area (Å²) in [6, 6.07) is 5.19. The van der Waals surface area contributed by atoms with Gasteiger partial charge in [-0.3, -0.25) is 14.4 Å². The molecule has 0 radical (unpaired) electrons. The quantitative estimate of drug-likeness (QED) is 0.790. The van der Waals surface area contributed by atoms with Crippen LogP contribution in [0.4, 0.5) is 5.69 Å². The van der Waals surface area contributed by atoms with Gasteiger partial charge in [0.05, 0.1) is 5.92 Å². The van der Waals surface area contributed by atoms with E-state index < -0.39 is 23.9 Å². The van der Waals surface area contributed by atoms with Crippen LogP contribution in [-0.2, 0) is 19.1 Å². The van der Waals surface area contributed by atoms with E-state index in [1.54, 1.807) is 18.2 Å². The van der Waals surface area contributed by atoms with E-state index in [0.717, 1.165) is 0 Å². The van der Waals surface area contributed by atoms with Crippen molar-refractivity contribution in [2.45, 2.75) is 19.4 Å². The Morgan fingerprint density at radius 2 is 2.00 bits per heavy atom. The topological polar surface area (TPSA) is 108 Å². The highest BCUT2D eigenvalue weighted by Gasteiger charge is 2.37. The number of carbonyl (C=O) groups excluding carboxylic acids is 3. The number of benzene rings is 1. The molecular formula is C16H18N2O6. The summed E-state index contributed by atoms with van der Waals surface area (Å²) in [5, 5.41) is 0. The second-order valence-electron chi connectivity index (χ2n) is 5.71. The summed E-state index contributed by atoms with van der Waals surface area (Å²) in [5.41, 5.74) is 5.70. The third-order valence-corrected chi connectivity index (χ3v) is 3.99. The fraction of sp³-hybridized carbons (Fsp3) is 0.438. The van der Waals surface area contributed by atoms with Crippen molar-refractivity contribution >= 4 is 23.5 Å². The second-order valence-corrected chi connectivity index (χ2v) is 5.71. The minimum Gasteiger partial charge on any atom is -0.486 e. The molecule has 0 saturated carbocycles. The zero-order valence-electron chi connectivity index (χ0n) is 13.2. The number of carbonyl (C=O) groups is 3. The standard InChI is InChI=1S/C16H18N2O6/c1-9(15(17)20)24-16(21)10-6-14(19)18(8-10)11-2-3-12-13(7-11)23-5-4-22-12/h2-3,7,9-10H,4-6,8H2,1H3,(H2,17,20). The van der Waals surface area contributed by atoms with Gasteiger partial charge in [0.15, 0.2) is 17.6 Å². The number of hydrogen-bond acceptors (Lipinski definition) is 6. The Morgan fingerprint density at radius 1 is 1.29 bits per heavy atom. The van der Waals surface area contributed by atoms with Crippen LogP contribution >= 0.6 is 0 Å². The molecule has 8 nitrogen and oxygen atoms in total. The maximum atomic E-state index is 12.2. The summed E-state index contributed by atoms with van der Waals surface area (Å²) in [4.78, 5) is 36.8. The van der Waals surface area contributed by atoms with Gasteiger partial charge in [-0.25, -0.2) is 0 Å². The Bertz CT molecular complexity index is 689. The lowest BCUT2D eigenvalue weighted by Gasteiger charge is -2.22. The summed E-state index contributed by atoms with van der Waals surface area (Å²) < 4.78 is 15.9. The van der Waals surface area contributed by atoms with Crippen molar-refractivity contribution in [3.05, 3.63) is 18.2 Å². The fourth-order valence-electron chi connectivity index (χ4n) is 2.64. The summed E-state index contributed by atoms with van der Waals surface area (Å²) in [6.07, 6.45) is -0.991. The van der Waals surface area contributed by atoms with Crippen molar-refractivity contribution in [1.82, 2.24) is 0 Å². The molecule has 2 amide bonds. The number of nitrogens with zero attached hydrogens (tertiary/aromatic N) is 1. The number of nitrogens with two attached hydrogens (primary N) is 1. The fourth-order valence-corrected chi connectivity index (χ4v) is 2.64. The van der Waals surface area contributed by atoms with E-state index >= 15 is 0 Å². The highest BCUT2D eigenvalue weighted by molar-refractivity contribution is 6.00. The normalized spacial score (nSPS) is 20.6. The molecule has 2 N–H and O–H groups in total. The molecule has 2 aliphatic rings. The van der Waals surface area contributed by atoms with Crippen LogP contribution in [0.3, 0.4) is 0 Å². The second kappa shape index (κ2) is 6.38. The molecule has 0 aliphatic carbocycles. The van der Waals surface area contributed by atoms with Crippen molar-refractivity contribution in [3.63, 3.8) is 0 Å². The zero-order chi connectivity index (χ0) is 17.3. The zero-order valence-corrected chi connectivity index (χ0v) is 13.2. The summed E-state index contributed by atoms with van der Waals surface area (Å²) in [7, 11) is 0. The summed E-state index contributed by atoms with van der Waals surface area (Å²) >= 11 is 0. The molecule has 2 heterocycles. The minimum absolute atomic E-state index is 0.0265. The number of amides is 2. The molecule has 1 aromatic rings. The van der Waals surface area contributed by atoms with Crippen molar-refractivity contribution in [1.29, 1.82) is 0 Å². The number of ether oxygens (including phenoxy) is 3. The Labute approximate surface area is 138 Å². The van der Waals surface area contributed by atoms with Gasteiger partial charge in [0.2, 0.25) is 5.91 Å². The van der Waals surface area contributed by atoms with E-state index in [1.165, 1.54) is 11.8 Å². The molecule has 2 atom stereocenters. The summed E-state index contributed by atoms with van der Waals surface area (Å²) in [6.45, 7) is 2.52. The molecule has 1 aromatic carbocycles. The monoisotopic (exact) mass is 334 g/mol. The van der Waals surface area contributed by atoms with Crippen LogP contribution in [0.1, 0.15) is 13.3 Å². The molecule has 2 aliphatic heterocycles. The van der Waals surface area contributed by atoms with Gasteiger partial charge in [-0.15, -0.1) is 0 Å². The molecule has 24 heavy (non-hydrogen) atoms. The van der Waals surface area contributed by atoms with Gasteiger partial charge < -0.3 is 24.8 Å². The van der Waals surface area contributed by atoms with Crippen LogP contribution in [0.25, 0.3) is 0 Å². The molecule has 0 aromatic heterocycles. The van der Waals surface area contributed by atoms with Crippen molar-refractivity contribution in [2.75, 3.05) is 24.7 Å². The summed E-state index contributed by atoms with van der Waals surface area (Å²) in [5.74, 6) is -0.957. The van der Waals surface area contributed by atoms with E-state index in [1.807, 2.05) is 0 Å². The van der Waals surface area contributed by atoms with Gasteiger partial charge in [-0.05, 0) is 19.1 Å². The first-order valence-electron chi connectivity index (χ1n) is 7.65. The predicted molar refractivity (Wildman–Crippen MR) is 82.6 cm³/mol. The van der Waals surface area contributed by atoms with Gasteiger partial charge in [0, 0.05) is 24.7 Å². The smallest absolute Gasteiger partial charge is 0.312 e. The Kier molecular flexibility index (Phi) is 4.28. The largest absolute Gasteiger partial charge is 0.486 e. The number of primary amides is 1. The highest BCUT2D eigenvalue weighted by Crippen LogP contribution is 2.36. The molecule has 0 spiro atoms. The molecule has 1 saturated heterocycles. The van der Waals surface area contributed by atoms with Crippen molar-refractivity contribution < 1.29 is 28.6 Å². The third-order valence-electron chi connectivity index (χ3n) is 3.99. The average Bonchev–Trinajstić information content (AvgIpc) is 2.96. The Morgan fingerprint density at radius 3 is 2.71 bits per heavy atom. The number of rotatable bonds is 4. The molecule has 2 unspecified atom stereocenters. The SMILES string of the molecule is CC(OC(=O)C1CC(=O)N(c2ccc3c(c2)OCCO3)C1)C(N)=O. The first kappa shape index (κ1) is 16.1. The van der Waals surface area contributed by atoms with Gasteiger partial charge in [-0.1, -0.05) is 0 Å². The van der Waals surface area contributed by atoms with E-state index in [-0.39, 0.29) is 18.9 Å². The molecule has 8 heteroatoms. The first-order chi connectivity index (χ1) is 11.5. The highest BCUT2D eigenvalue weighted by atomic mass is 16.6. The molecule has 0 bridgehead atoms. The lowest BCUT2D eigenvalue weighted by molar-refractivity contribution is -0.157. The van der Waals surface area contributed by atoms with Crippen LogP contribution in [0, 0.1) is 5.92 Å². The van der Waals surface area contributed by atoms with Crippen LogP contribution in [-0.4, -0.2) is 43.6 Å². The number of fused-ring (bicyclic) bond motifs is 1. The van der Waals surface area contributed by atoms with E-state index in [4.69, 9.17) is 19.9 Å². The predicted octanol–water partition coefficient (Wildman–Crippen LogP) is 0.228. The molecular weight excluding hydrogens is 316 g/mol. The van der Waals surface area contributed by atoms with E-state index in [2.05, 4.69) is 0 Å². The number of hydrogen-bond donors (Lipinski definition) is 1. The van der Waals surface area contributed by atoms with Gasteiger partial charge in [0.25, 0.3) is 5.91 Å². The van der Waals surface area contributed by atoms with Crippen molar-refractivity contribution in [2.24, 2.45) is 11.7 Å². The Hall–Kier alpha value is -2.77.